The zero-order chi connectivity index (χ0) is 25.2. The molecule has 3 atom stereocenters. The van der Waals surface area contributed by atoms with Crippen molar-refractivity contribution in [3.05, 3.63) is 24.3 Å². The molecule has 0 unspecified atom stereocenters. The number of carbonyl (C=O) groups is 2. The Morgan fingerprint density at radius 2 is 1.42 bits per heavy atom. The quantitative estimate of drug-likeness (QED) is 0.398. The van der Waals surface area contributed by atoms with E-state index >= 15 is 0 Å². The van der Waals surface area contributed by atoms with E-state index in [1.165, 1.54) is 77.0 Å². The molecular weight excluding hydrogens is 452 g/mol. The summed E-state index contributed by atoms with van der Waals surface area (Å²) < 4.78 is 4.88. The van der Waals surface area contributed by atoms with Crippen molar-refractivity contribution in [2.45, 2.75) is 121 Å². The lowest BCUT2D eigenvalue weighted by Crippen LogP contribution is -2.58. The van der Waals surface area contributed by atoms with Crippen LogP contribution in [0.4, 0.5) is 16.2 Å². The van der Waals surface area contributed by atoms with Gasteiger partial charge in [-0.15, -0.1) is 0 Å². The Kier molecular flexibility index (Phi) is 10.3. The maximum Gasteiger partial charge on any atom is 0.325 e. The van der Waals surface area contributed by atoms with Crippen LogP contribution in [0, 0.1) is 0 Å². The summed E-state index contributed by atoms with van der Waals surface area (Å²) >= 11 is 0. The molecule has 36 heavy (non-hydrogen) atoms. The number of ether oxygens (including phenoxy) is 1. The third-order valence-corrected chi connectivity index (χ3v) is 8.26. The average molecular weight is 499 g/mol. The molecule has 2 heterocycles. The van der Waals surface area contributed by atoms with Crippen LogP contribution >= 0.6 is 0 Å². The number of hydrogen-bond donors (Lipinski definition) is 3. The number of benzene rings is 1. The second-order valence-electron chi connectivity index (χ2n) is 10.9. The Morgan fingerprint density at radius 3 is 2.06 bits per heavy atom. The van der Waals surface area contributed by atoms with E-state index < -0.39 is 12.0 Å². The summed E-state index contributed by atoms with van der Waals surface area (Å²) in [5.41, 5.74) is 1.68. The molecule has 0 radical (unpaired) electrons. The van der Waals surface area contributed by atoms with Crippen molar-refractivity contribution >= 4 is 23.4 Å². The van der Waals surface area contributed by atoms with Crippen LogP contribution in [0.1, 0.15) is 96.8 Å². The number of piperidine rings is 2. The van der Waals surface area contributed by atoms with Gasteiger partial charge in [-0.05, 0) is 57.6 Å². The summed E-state index contributed by atoms with van der Waals surface area (Å²) in [5.74, 6) is -0.437. The molecule has 2 saturated heterocycles. The van der Waals surface area contributed by atoms with Gasteiger partial charge in [0, 0.05) is 24.2 Å². The predicted molar refractivity (Wildman–Crippen MR) is 145 cm³/mol. The highest BCUT2D eigenvalue weighted by atomic mass is 16.5. The van der Waals surface area contributed by atoms with E-state index in [4.69, 9.17) is 4.74 Å². The molecule has 3 aliphatic rings. The molecule has 200 valence electrons. The van der Waals surface area contributed by atoms with Crippen molar-refractivity contribution in [1.29, 1.82) is 0 Å². The van der Waals surface area contributed by atoms with Crippen molar-refractivity contribution < 1.29 is 14.3 Å². The Balaban J connectivity index is 1.36. The number of esters is 1. The maximum atomic E-state index is 12.4. The van der Waals surface area contributed by atoms with Gasteiger partial charge in [-0.1, -0.05) is 63.5 Å². The van der Waals surface area contributed by atoms with Gasteiger partial charge in [0.1, 0.15) is 6.54 Å². The van der Waals surface area contributed by atoms with Crippen molar-refractivity contribution in [3.63, 3.8) is 0 Å². The smallest absolute Gasteiger partial charge is 0.325 e. The largest absolute Gasteiger partial charge is 0.465 e. The first-order valence-electron chi connectivity index (χ1n) is 14.5. The van der Waals surface area contributed by atoms with E-state index in [1.807, 2.05) is 24.3 Å². The van der Waals surface area contributed by atoms with E-state index in [0.29, 0.717) is 24.7 Å². The number of para-hydroxylation sites is 2. The maximum absolute atomic E-state index is 12.4. The molecule has 1 saturated carbocycles. The van der Waals surface area contributed by atoms with Crippen molar-refractivity contribution in [2.24, 2.45) is 0 Å². The number of amides is 2. The molecule has 2 aliphatic heterocycles. The molecule has 7 nitrogen and oxygen atoms in total. The molecule has 3 fully saturated rings. The first-order chi connectivity index (χ1) is 17.6. The van der Waals surface area contributed by atoms with Gasteiger partial charge in [-0.3, -0.25) is 9.69 Å². The first kappa shape index (κ1) is 26.8. The minimum Gasteiger partial charge on any atom is -0.465 e. The number of anilines is 2. The monoisotopic (exact) mass is 498 g/mol. The lowest BCUT2D eigenvalue weighted by Gasteiger charge is -2.53. The standard InChI is InChI=1S/C29H46N4O3/c1-2-36-28(34)21-30-29(35)32-27-18-11-10-17-26(27)31-22-19-24-15-12-16-25(20-22)33(24)23-13-8-6-4-3-5-7-9-14-23/h10-11,17-18,22-25,31H,2-9,12-16,19-21H2,1H3,(H2,30,32,35)/t22-,24-,25+. The summed E-state index contributed by atoms with van der Waals surface area (Å²) in [6.07, 6.45) is 18.9. The molecule has 7 heteroatoms. The second-order valence-corrected chi connectivity index (χ2v) is 10.9. The topological polar surface area (TPSA) is 82.7 Å². The number of nitrogens with zero attached hydrogens (tertiary/aromatic N) is 1. The molecule has 0 aromatic heterocycles. The van der Waals surface area contributed by atoms with E-state index in [1.54, 1.807) is 6.92 Å². The summed E-state index contributed by atoms with van der Waals surface area (Å²) in [6, 6.07) is 9.94. The lowest BCUT2D eigenvalue weighted by atomic mass is 9.79. The molecule has 2 amide bonds. The van der Waals surface area contributed by atoms with Crippen LogP contribution in [0.2, 0.25) is 0 Å². The number of nitrogens with one attached hydrogen (secondary N) is 3. The van der Waals surface area contributed by atoms with Gasteiger partial charge in [0.05, 0.1) is 18.0 Å². The Hall–Kier alpha value is -2.28. The fraction of sp³-hybridized carbons (Fsp3) is 0.724. The van der Waals surface area contributed by atoms with Gasteiger partial charge in [0.25, 0.3) is 0 Å². The third-order valence-electron chi connectivity index (χ3n) is 8.26. The number of carbonyl (C=O) groups excluding carboxylic acids is 2. The minimum atomic E-state index is -0.437. The molecule has 4 rings (SSSR count). The van der Waals surface area contributed by atoms with Crippen LogP contribution in [0.15, 0.2) is 24.3 Å². The molecule has 0 spiro atoms. The average Bonchev–Trinajstić information content (AvgIpc) is 2.87. The first-order valence-corrected chi connectivity index (χ1v) is 14.5. The van der Waals surface area contributed by atoms with Gasteiger partial charge >= 0.3 is 12.0 Å². The normalized spacial score (nSPS) is 26.0. The summed E-state index contributed by atoms with van der Waals surface area (Å²) in [5, 5.41) is 9.25. The fourth-order valence-corrected chi connectivity index (χ4v) is 6.69. The van der Waals surface area contributed by atoms with Gasteiger partial charge in [-0.2, -0.15) is 0 Å². The highest BCUT2D eigenvalue weighted by molar-refractivity contribution is 5.94. The van der Waals surface area contributed by atoms with Crippen LogP contribution in [-0.4, -0.2) is 54.2 Å². The van der Waals surface area contributed by atoms with Crippen LogP contribution in [0.5, 0.6) is 0 Å². The molecule has 1 aromatic rings. The Labute approximate surface area is 217 Å². The van der Waals surface area contributed by atoms with Gasteiger partial charge in [-0.25, -0.2) is 4.79 Å². The Morgan fingerprint density at radius 1 is 0.833 bits per heavy atom. The van der Waals surface area contributed by atoms with Crippen molar-refractivity contribution in [1.82, 2.24) is 10.2 Å². The second kappa shape index (κ2) is 13.9. The minimum absolute atomic E-state index is 0.141. The number of fused-ring (bicyclic) bond motifs is 2. The van der Waals surface area contributed by atoms with E-state index in [-0.39, 0.29) is 6.54 Å². The molecule has 1 aromatic carbocycles. The highest BCUT2D eigenvalue weighted by Gasteiger charge is 2.41. The van der Waals surface area contributed by atoms with Gasteiger partial charge in [0.15, 0.2) is 0 Å². The zero-order valence-corrected chi connectivity index (χ0v) is 22.1. The summed E-state index contributed by atoms with van der Waals surface area (Å²) in [6.45, 7) is 1.91. The van der Waals surface area contributed by atoms with E-state index in [0.717, 1.165) is 30.3 Å². The zero-order valence-electron chi connectivity index (χ0n) is 22.1. The fourth-order valence-electron chi connectivity index (χ4n) is 6.69. The summed E-state index contributed by atoms with van der Waals surface area (Å²) in [4.78, 5) is 26.9. The van der Waals surface area contributed by atoms with E-state index in [2.05, 4.69) is 20.9 Å². The SMILES string of the molecule is CCOC(=O)CNC(=O)Nc1ccccc1N[C@@H]1C[C@H]2CCC[C@@H](C1)N2C1CCCCCCCCC1. The third kappa shape index (κ3) is 7.61. The van der Waals surface area contributed by atoms with Gasteiger partial charge < -0.3 is 20.7 Å². The van der Waals surface area contributed by atoms with Crippen LogP contribution < -0.4 is 16.0 Å². The van der Waals surface area contributed by atoms with Crippen LogP contribution in [0.3, 0.4) is 0 Å². The number of rotatable bonds is 7. The summed E-state index contributed by atoms with van der Waals surface area (Å²) in [7, 11) is 0. The number of hydrogen-bond acceptors (Lipinski definition) is 5. The molecule has 2 bridgehead atoms. The van der Waals surface area contributed by atoms with E-state index in [9.17, 15) is 9.59 Å². The predicted octanol–water partition coefficient (Wildman–Crippen LogP) is 6.06. The highest BCUT2D eigenvalue weighted by Crippen LogP contribution is 2.39. The van der Waals surface area contributed by atoms with Crippen LogP contribution in [0.25, 0.3) is 0 Å². The lowest BCUT2D eigenvalue weighted by molar-refractivity contribution is -0.141. The van der Waals surface area contributed by atoms with Gasteiger partial charge in [0.2, 0.25) is 0 Å². The van der Waals surface area contributed by atoms with Crippen LogP contribution in [-0.2, 0) is 9.53 Å². The number of urea groups is 1. The molecule has 1 aliphatic carbocycles. The van der Waals surface area contributed by atoms with Crippen molar-refractivity contribution in [2.75, 3.05) is 23.8 Å². The van der Waals surface area contributed by atoms with Crippen molar-refractivity contribution in [3.8, 4) is 0 Å². The molecule has 3 N–H and O–H groups in total. The Bertz CT molecular complexity index is 824. The molecular formula is C29H46N4O3.